The van der Waals surface area contributed by atoms with Crippen LogP contribution in [-0.4, -0.2) is 79.6 Å². The Morgan fingerprint density at radius 2 is 1.86 bits per heavy atom. The molecule has 0 saturated carbocycles. The van der Waals surface area contributed by atoms with Gasteiger partial charge in [-0.1, -0.05) is 12.1 Å². The molecule has 10 heteroatoms. The number of aromatic nitrogens is 4. The van der Waals surface area contributed by atoms with Gasteiger partial charge >= 0.3 is 5.97 Å². The summed E-state index contributed by atoms with van der Waals surface area (Å²) in [5.74, 6) is -1.53. The highest BCUT2D eigenvalue weighted by atomic mass is 16.4. The van der Waals surface area contributed by atoms with Crippen LogP contribution in [0.1, 0.15) is 18.4 Å². The Morgan fingerprint density at radius 3 is 2.43 bits per heavy atom. The molecule has 0 aliphatic carbocycles. The number of carbonyl (C=O) groups excluding carboxylic acids is 2. The number of nitrogens with zero attached hydrogens (tertiary/aromatic N) is 6. The van der Waals surface area contributed by atoms with Gasteiger partial charge in [0, 0.05) is 20.1 Å². The number of likely N-dealkylation sites (N-methyl/N-ethyl adjacent to an activating group) is 1. The van der Waals surface area contributed by atoms with Gasteiger partial charge in [-0.25, -0.2) is 4.68 Å². The first-order valence-corrected chi connectivity index (χ1v) is 9.01. The van der Waals surface area contributed by atoms with Gasteiger partial charge in [0.1, 0.15) is 6.33 Å². The molecule has 0 bridgehead atoms. The number of amides is 2. The highest BCUT2D eigenvalue weighted by Crippen LogP contribution is 2.17. The number of hydrogen-bond donors (Lipinski definition) is 1. The summed E-state index contributed by atoms with van der Waals surface area (Å²) < 4.78 is 1.52. The zero-order chi connectivity index (χ0) is 20.1. The first kappa shape index (κ1) is 19.5. The van der Waals surface area contributed by atoms with E-state index in [-0.39, 0.29) is 30.7 Å². The fourth-order valence-electron chi connectivity index (χ4n) is 3.12. The maximum absolute atomic E-state index is 12.4. The molecule has 2 aromatic rings. The number of benzene rings is 1. The van der Waals surface area contributed by atoms with E-state index in [1.165, 1.54) is 15.9 Å². The Kier molecular flexibility index (Phi) is 5.97. The summed E-state index contributed by atoms with van der Waals surface area (Å²) in [4.78, 5) is 38.8. The van der Waals surface area contributed by atoms with E-state index in [4.69, 9.17) is 5.11 Å². The molecule has 28 heavy (non-hydrogen) atoms. The molecule has 1 aromatic heterocycles. The molecule has 0 radical (unpaired) electrons. The minimum absolute atomic E-state index is 0.0146. The second-order valence-corrected chi connectivity index (χ2v) is 6.84. The average Bonchev–Trinajstić information content (AvgIpc) is 3.23. The summed E-state index contributed by atoms with van der Waals surface area (Å²) in [5, 5.41) is 20.0. The Balaban J connectivity index is 1.49. The van der Waals surface area contributed by atoms with Gasteiger partial charge in [-0.15, -0.1) is 5.10 Å². The number of carboxylic acids is 1. The summed E-state index contributed by atoms with van der Waals surface area (Å²) >= 11 is 0. The quantitative estimate of drug-likeness (QED) is 0.741. The summed E-state index contributed by atoms with van der Waals surface area (Å²) in [6.07, 6.45) is 2.57. The number of rotatable bonds is 6. The molecule has 1 saturated heterocycles. The first-order valence-electron chi connectivity index (χ1n) is 9.01. The van der Waals surface area contributed by atoms with Gasteiger partial charge in [-0.05, 0) is 41.0 Å². The van der Waals surface area contributed by atoms with Gasteiger partial charge in [-0.2, -0.15) is 0 Å². The predicted molar refractivity (Wildman–Crippen MR) is 97.4 cm³/mol. The highest BCUT2D eigenvalue weighted by molar-refractivity contribution is 5.86. The van der Waals surface area contributed by atoms with E-state index < -0.39 is 5.97 Å². The molecular weight excluding hydrogens is 364 g/mol. The van der Waals surface area contributed by atoms with Crippen molar-refractivity contribution in [2.75, 3.05) is 26.7 Å². The van der Waals surface area contributed by atoms with Crippen LogP contribution in [0.25, 0.3) is 5.69 Å². The van der Waals surface area contributed by atoms with Gasteiger partial charge in [0.2, 0.25) is 11.8 Å². The molecule has 0 spiro atoms. The molecule has 2 heterocycles. The lowest BCUT2D eigenvalue weighted by Gasteiger charge is -2.31. The van der Waals surface area contributed by atoms with Gasteiger partial charge < -0.3 is 14.9 Å². The highest BCUT2D eigenvalue weighted by Gasteiger charge is 2.27. The van der Waals surface area contributed by atoms with Crippen molar-refractivity contribution in [3.05, 3.63) is 36.2 Å². The van der Waals surface area contributed by atoms with E-state index in [9.17, 15) is 14.4 Å². The van der Waals surface area contributed by atoms with Crippen molar-refractivity contribution in [2.24, 2.45) is 5.92 Å². The van der Waals surface area contributed by atoms with Crippen LogP contribution in [0.2, 0.25) is 0 Å². The first-order chi connectivity index (χ1) is 13.4. The van der Waals surface area contributed by atoms with Crippen molar-refractivity contribution in [1.29, 1.82) is 0 Å². The second kappa shape index (κ2) is 8.59. The number of piperidine rings is 1. The van der Waals surface area contributed by atoms with Crippen molar-refractivity contribution in [2.45, 2.75) is 19.3 Å². The van der Waals surface area contributed by atoms with Gasteiger partial charge in [-0.3, -0.25) is 14.4 Å². The SMILES string of the molecule is CN(CC(=O)N1CCC(C(=O)O)CC1)C(=O)Cc1ccc(-n2cnnn2)cc1. The fourth-order valence-corrected chi connectivity index (χ4v) is 3.12. The van der Waals surface area contributed by atoms with Crippen LogP contribution >= 0.6 is 0 Å². The summed E-state index contributed by atoms with van der Waals surface area (Å²) in [6.45, 7) is 0.812. The van der Waals surface area contributed by atoms with Gasteiger partial charge in [0.05, 0.1) is 24.6 Å². The van der Waals surface area contributed by atoms with Crippen LogP contribution in [0.3, 0.4) is 0 Å². The molecular formula is C18H22N6O4. The molecule has 0 atom stereocenters. The number of likely N-dealkylation sites (tertiary alicyclic amines) is 1. The van der Waals surface area contributed by atoms with Gasteiger partial charge in [0.15, 0.2) is 0 Å². The smallest absolute Gasteiger partial charge is 0.306 e. The third-order valence-corrected chi connectivity index (χ3v) is 4.90. The van der Waals surface area contributed by atoms with Crippen LogP contribution in [0.5, 0.6) is 0 Å². The molecule has 3 rings (SSSR count). The van der Waals surface area contributed by atoms with E-state index in [0.29, 0.717) is 25.9 Å². The maximum Gasteiger partial charge on any atom is 0.306 e. The molecule has 1 N–H and O–H groups in total. The predicted octanol–water partition coefficient (Wildman–Crippen LogP) is -0.0136. The van der Waals surface area contributed by atoms with Crippen molar-refractivity contribution in [3.8, 4) is 5.69 Å². The van der Waals surface area contributed by atoms with E-state index >= 15 is 0 Å². The minimum atomic E-state index is -0.814. The number of tetrazole rings is 1. The molecule has 148 valence electrons. The van der Waals surface area contributed by atoms with Crippen molar-refractivity contribution in [1.82, 2.24) is 30.0 Å². The molecule has 10 nitrogen and oxygen atoms in total. The molecule has 0 unspecified atom stereocenters. The second-order valence-electron chi connectivity index (χ2n) is 6.84. The third-order valence-electron chi connectivity index (χ3n) is 4.90. The Hall–Kier alpha value is -3.30. The van der Waals surface area contributed by atoms with Crippen LogP contribution in [0, 0.1) is 5.92 Å². The summed E-state index contributed by atoms with van der Waals surface area (Å²) in [5.41, 5.74) is 1.61. The molecule has 1 fully saturated rings. The van der Waals surface area contributed by atoms with Crippen molar-refractivity contribution < 1.29 is 19.5 Å². The Labute approximate surface area is 161 Å². The summed E-state index contributed by atoms with van der Waals surface area (Å²) in [7, 11) is 1.60. The topological polar surface area (TPSA) is 122 Å². The largest absolute Gasteiger partial charge is 0.481 e. The standard InChI is InChI=1S/C18H22N6O4/c1-22(11-17(26)23-8-6-14(7-9-23)18(27)28)16(25)10-13-2-4-15(5-3-13)24-12-19-20-21-24/h2-5,12,14H,6-11H2,1H3,(H,27,28). The Bertz CT molecular complexity index is 828. The third kappa shape index (κ3) is 4.70. The zero-order valence-electron chi connectivity index (χ0n) is 15.6. The summed E-state index contributed by atoms with van der Waals surface area (Å²) in [6, 6.07) is 7.27. The number of carboxylic acid groups (broad SMARTS) is 1. The van der Waals surface area contributed by atoms with Crippen LogP contribution in [-0.2, 0) is 20.8 Å². The lowest BCUT2D eigenvalue weighted by molar-refractivity contribution is -0.146. The molecule has 2 amide bonds. The molecule has 1 aromatic carbocycles. The fraction of sp³-hybridized carbons (Fsp3) is 0.444. The Morgan fingerprint density at radius 1 is 1.18 bits per heavy atom. The minimum Gasteiger partial charge on any atom is -0.481 e. The number of carbonyl (C=O) groups is 3. The van der Waals surface area contributed by atoms with Crippen molar-refractivity contribution >= 4 is 17.8 Å². The van der Waals surface area contributed by atoms with Crippen LogP contribution in [0.4, 0.5) is 0 Å². The van der Waals surface area contributed by atoms with Crippen LogP contribution in [0.15, 0.2) is 30.6 Å². The van der Waals surface area contributed by atoms with Crippen molar-refractivity contribution in [3.63, 3.8) is 0 Å². The van der Waals surface area contributed by atoms with Crippen LogP contribution < -0.4 is 0 Å². The van der Waals surface area contributed by atoms with E-state index in [0.717, 1.165) is 11.3 Å². The van der Waals surface area contributed by atoms with Gasteiger partial charge in [0.25, 0.3) is 0 Å². The number of hydrogen-bond acceptors (Lipinski definition) is 6. The lowest BCUT2D eigenvalue weighted by Crippen LogP contribution is -2.45. The molecule has 1 aliphatic rings. The van der Waals surface area contributed by atoms with E-state index in [1.54, 1.807) is 11.9 Å². The maximum atomic E-state index is 12.4. The normalized spacial score (nSPS) is 14.7. The number of aliphatic carboxylic acids is 1. The zero-order valence-corrected chi connectivity index (χ0v) is 15.6. The monoisotopic (exact) mass is 386 g/mol. The molecule has 1 aliphatic heterocycles. The lowest BCUT2D eigenvalue weighted by atomic mass is 9.97. The van der Waals surface area contributed by atoms with E-state index in [2.05, 4.69) is 15.5 Å². The van der Waals surface area contributed by atoms with E-state index in [1.807, 2.05) is 24.3 Å². The average molecular weight is 386 g/mol.